The van der Waals surface area contributed by atoms with Gasteiger partial charge in [0.25, 0.3) is 0 Å². The summed E-state index contributed by atoms with van der Waals surface area (Å²) in [5, 5.41) is 1.01. The van der Waals surface area contributed by atoms with E-state index in [0.29, 0.717) is 0 Å². The largest absolute Gasteiger partial charge is 0.491 e. The van der Waals surface area contributed by atoms with Gasteiger partial charge in [0.15, 0.2) is 0 Å². The Morgan fingerprint density at radius 3 is 2.29 bits per heavy atom. The minimum atomic E-state index is -0.111. The normalized spacial score (nSPS) is 15.5. The Hall–Kier alpha value is -2.70. The number of esters is 1. The molecule has 3 aromatic rings. The number of ether oxygens (including phenoxy) is 2. The van der Waals surface area contributed by atoms with E-state index in [1.165, 1.54) is 12.7 Å². The minimum absolute atomic E-state index is 0.00599. The molecule has 1 aromatic heterocycles. The molecule has 6 heteroatoms. The van der Waals surface area contributed by atoms with Crippen LogP contribution in [0.5, 0.6) is 5.75 Å². The van der Waals surface area contributed by atoms with Crippen molar-refractivity contribution in [2.45, 2.75) is 32.9 Å². The zero-order valence-corrected chi connectivity index (χ0v) is 19.2. The molecule has 0 aliphatic carbocycles. The molecule has 0 saturated carbocycles. The van der Waals surface area contributed by atoms with Crippen LogP contribution in [0, 0.1) is 5.92 Å². The number of nitrogens with zero attached hydrogens (tertiary/aromatic N) is 2. The summed E-state index contributed by atoms with van der Waals surface area (Å²) in [5.41, 5.74) is 3.50. The van der Waals surface area contributed by atoms with Crippen LogP contribution in [0.3, 0.4) is 0 Å². The van der Waals surface area contributed by atoms with Crippen LogP contribution in [-0.2, 0) is 9.53 Å². The molecule has 1 fully saturated rings. The molecule has 0 N–H and O–H groups in total. The van der Waals surface area contributed by atoms with Gasteiger partial charge in [-0.25, -0.2) is 4.98 Å². The summed E-state index contributed by atoms with van der Waals surface area (Å²) < 4.78 is 10.6. The van der Waals surface area contributed by atoms with Crippen LogP contribution in [0.2, 0.25) is 0 Å². The lowest BCUT2D eigenvalue weighted by molar-refractivity contribution is -0.152. The molecule has 0 spiro atoms. The van der Waals surface area contributed by atoms with Crippen molar-refractivity contribution < 1.29 is 14.3 Å². The van der Waals surface area contributed by atoms with Crippen LogP contribution in [0.1, 0.15) is 32.4 Å². The van der Waals surface area contributed by atoms with Crippen LogP contribution in [0.25, 0.3) is 21.0 Å². The second kappa shape index (κ2) is 9.20. The summed E-state index contributed by atoms with van der Waals surface area (Å²) in [5.74, 6) is 0.778. The topological polar surface area (TPSA) is 51.7 Å². The number of methoxy groups -OCH3 is 1. The van der Waals surface area contributed by atoms with E-state index in [1.807, 2.05) is 32.2 Å². The first kappa shape index (κ1) is 21.5. The molecule has 0 radical (unpaired) electrons. The lowest BCUT2D eigenvalue weighted by atomic mass is 9.95. The van der Waals surface area contributed by atoms with Gasteiger partial charge in [0, 0.05) is 30.9 Å². The first-order valence-electron chi connectivity index (χ1n) is 10.6. The van der Waals surface area contributed by atoms with E-state index in [0.717, 1.165) is 39.9 Å². The average Bonchev–Trinajstić information content (AvgIpc) is 3.23. The monoisotopic (exact) mass is 436 g/mol. The highest BCUT2D eigenvalue weighted by atomic mass is 32.1. The number of carbonyl (C=O) groups is 1. The van der Waals surface area contributed by atoms with Gasteiger partial charge in [0.05, 0.1) is 24.0 Å². The van der Waals surface area contributed by atoms with E-state index in [1.54, 1.807) is 11.3 Å². The lowest BCUT2D eigenvalue weighted by Gasteiger charge is -2.41. The van der Waals surface area contributed by atoms with E-state index < -0.39 is 0 Å². The summed E-state index contributed by atoms with van der Waals surface area (Å²) >= 11 is 1.69. The third kappa shape index (κ3) is 4.81. The van der Waals surface area contributed by atoms with Gasteiger partial charge in [-0.1, -0.05) is 24.3 Å². The van der Waals surface area contributed by atoms with Gasteiger partial charge in [0.1, 0.15) is 10.8 Å². The number of hydrogen-bond donors (Lipinski definition) is 0. The summed E-state index contributed by atoms with van der Waals surface area (Å²) in [4.78, 5) is 19.7. The van der Waals surface area contributed by atoms with E-state index in [-0.39, 0.29) is 24.0 Å². The lowest BCUT2D eigenvalue weighted by Crippen LogP contribution is -2.51. The molecule has 1 aliphatic rings. The van der Waals surface area contributed by atoms with Gasteiger partial charge in [0.2, 0.25) is 0 Å². The fourth-order valence-corrected chi connectivity index (χ4v) is 4.70. The molecule has 2 aromatic carbocycles. The maximum absolute atomic E-state index is 11.6. The quantitative estimate of drug-likeness (QED) is 0.462. The van der Waals surface area contributed by atoms with Gasteiger partial charge >= 0.3 is 5.97 Å². The van der Waals surface area contributed by atoms with Crippen molar-refractivity contribution in [2.75, 3.05) is 20.2 Å². The number of likely N-dealkylation sites (tertiary alicyclic amines) is 1. The molecule has 2 heterocycles. The van der Waals surface area contributed by atoms with E-state index >= 15 is 0 Å². The summed E-state index contributed by atoms with van der Waals surface area (Å²) in [6.45, 7) is 7.74. The van der Waals surface area contributed by atoms with Crippen LogP contribution < -0.4 is 4.74 Å². The molecule has 0 bridgehead atoms. The Bertz CT molecular complexity index is 1020. The van der Waals surface area contributed by atoms with Crippen molar-refractivity contribution >= 4 is 17.3 Å². The fourth-order valence-electron chi connectivity index (χ4n) is 3.77. The highest BCUT2D eigenvalue weighted by Gasteiger charge is 2.36. The molecule has 162 valence electrons. The number of rotatable bonds is 7. The third-order valence-corrected chi connectivity index (χ3v) is 6.74. The van der Waals surface area contributed by atoms with Gasteiger partial charge in [-0.3, -0.25) is 9.69 Å². The number of thiazole rings is 1. The maximum Gasteiger partial charge on any atom is 0.311 e. The number of aromatic nitrogens is 1. The Balaban J connectivity index is 1.41. The molecule has 0 amide bonds. The SMILES string of the molecule is COC(=O)C1CN(C(C)c2ccc(-c3ncc(-c4ccc(OC(C)C)cc4)s3)cc2)C1. The molecular weight excluding hydrogens is 408 g/mol. The van der Waals surface area contributed by atoms with Gasteiger partial charge in [-0.2, -0.15) is 0 Å². The Kier molecular flexibility index (Phi) is 6.39. The first-order valence-corrected chi connectivity index (χ1v) is 11.4. The molecule has 1 atom stereocenters. The first-order chi connectivity index (χ1) is 14.9. The van der Waals surface area contributed by atoms with Crippen LogP contribution >= 0.6 is 11.3 Å². The molecule has 4 rings (SSSR count). The van der Waals surface area contributed by atoms with E-state index in [4.69, 9.17) is 9.47 Å². The smallest absolute Gasteiger partial charge is 0.311 e. The number of benzene rings is 2. The van der Waals surface area contributed by atoms with Crippen molar-refractivity contribution in [3.8, 4) is 26.8 Å². The highest BCUT2D eigenvalue weighted by Crippen LogP contribution is 2.34. The predicted molar refractivity (Wildman–Crippen MR) is 124 cm³/mol. The number of carbonyl (C=O) groups excluding carboxylic acids is 1. The van der Waals surface area contributed by atoms with Crippen molar-refractivity contribution in [1.82, 2.24) is 9.88 Å². The van der Waals surface area contributed by atoms with E-state index in [2.05, 4.69) is 53.2 Å². The Morgan fingerprint density at radius 2 is 1.68 bits per heavy atom. The van der Waals surface area contributed by atoms with Crippen LogP contribution in [0.15, 0.2) is 54.7 Å². The standard InChI is InChI=1S/C25H28N2O3S/c1-16(2)30-22-11-9-19(10-12-22)23-13-26-24(31-23)20-7-5-18(6-8-20)17(3)27-14-21(15-27)25(28)29-4/h5-13,16-17,21H,14-15H2,1-4H3. The molecule has 5 nitrogen and oxygen atoms in total. The molecule has 1 saturated heterocycles. The maximum atomic E-state index is 11.6. The van der Waals surface area contributed by atoms with Crippen LogP contribution in [0.4, 0.5) is 0 Å². The third-order valence-electron chi connectivity index (χ3n) is 5.65. The average molecular weight is 437 g/mol. The molecule has 31 heavy (non-hydrogen) atoms. The van der Waals surface area contributed by atoms with Crippen molar-refractivity contribution in [2.24, 2.45) is 5.92 Å². The van der Waals surface area contributed by atoms with Crippen molar-refractivity contribution in [3.05, 3.63) is 60.3 Å². The summed E-state index contributed by atoms with van der Waals surface area (Å²) in [6.07, 6.45) is 2.10. The van der Waals surface area contributed by atoms with Crippen molar-refractivity contribution in [1.29, 1.82) is 0 Å². The fraction of sp³-hybridized carbons (Fsp3) is 0.360. The second-order valence-corrected chi connectivity index (χ2v) is 9.22. The van der Waals surface area contributed by atoms with Gasteiger partial charge in [-0.05, 0) is 56.2 Å². The van der Waals surface area contributed by atoms with E-state index in [9.17, 15) is 4.79 Å². The molecular formula is C25H28N2O3S. The van der Waals surface area contributed by atoms with Crippen LogP contribution in [-0.4, -0.2) is 42.2 Å². The molecule has 1 aliphatic heterocycles. The summed E-state index contributed by atoms with van der Waals surface area (Å²) in [7, 11) is 1.45. The predicted octanol–water partition coefficient (Wildman–Crippen LogP) is 5.43. The second-order valence-electron chi connectivity index (χ2n) is 8.19. The van der Waals surface area contributed by atoms with Gasteiger partial charge in [-0.15, -0.1) is 11.3 Å². The van der Waals surface area contributed by atoms with Crippen molar-refractivity contribution in [3.63, 3.8) is 0 Å². The zero-order chi connectivity index (χ0) is 22.0. The number of hydrogen-bond acceptors (Lipinski definition) is 6. The summed E-state index contributed by atoms with van der Waals surface area (Å²) in [6, 6.07) is 17.0. The minimum Gasteiger partial charge on any atom is -0.491 e. The Morgan fingerprint density at radius 1 is 1.03 bits per heavy atom. The zero-order valence-electron chi connectivity index (χ0n) is 18.4. The Labute approximate surface area is 187 Å². The highest BCUT2D eigenvalue weighted by molar-refractivity contribution is 7.18. The molecule has 1 unspecified atom stereocenters. The van der Waals surface area contributed by atoms with Gasteiger partial charge < -0.3 is 9.47 Å².